The fourth-order valence-corrected chi connectivity index (χ4v) is 1.87. The van der Waals surface area contributed by atoms with E-state index in [1.54, 1.807) is 0 Å². The van der Waals surface area contributed by atoms with E-state index < -0.39 is 0 Å². The highest BCUT2D eigenvalue weighted by atomic mass is 16.5. The van der Waals surface area contributed by atoms with Crippen LogP contribution in [0.25, 0.3) is 0 Å². The van der Waals surface area contributed by atoms with E-state index in [4.69, 9.17) is 4.74 Å². The van der Waals surface area contributed by atoms with Crippen molar-refractivity contribution in [3.63, 3.8) is 0 Å². The first kappa shape index (κ1) is 13.3. The fraction of sp³-hybridized carbons (Fsp3) is 0.333. The Hall–Kier alpha value is -2.10. The summed E-state index contributed by atoms with van der Waals surface area (Å²) in [6, 6.07) is 10.4. The summed E-state index contributed by atoms with van der Waals surface area (Å²) in [6.07, 6.45) is 2.48. The molecular formula is C15H19N3O. The molecule has 1 aromatic carbocycles. The number of hydrogen-bond donors (Lipinski definition) is 1. The number of hydrogen-bond acceptors (Lipinski definition) is 4. The van der Waals surface area contributed by atoms with Gasteiger partial charge in [0.15, 0.2) is 0 Å². The lowest BCUT2D eigenvalue weighted by molar-refractivity contribution is 0.326. The van der Waals surface area contributed by atoms with E-state index in [0.717, 1.165) is 18.8 Å². The molecule has 2 aromatic rings. The Morgan fingerprint density at radius 2 is 2.11 bits per heavy atom. The molecule has 2 rings (SSSR count). The smallest absolute Gasteiger partial charge is 0.218 e. The zero-order valence-corrected chi connectivity index (χ0v) is 11.4. The number of nitrogens with zero attached hydrogens (tertiary/aromatic N) is 2. The van der Waals surface area contributed by atoms with E-state index in [1.807, 2.05) is 13.0 Å². The van der Waals surface area contributed by atoms with Crippen LogP contribution in [-0.2, 0) is 6.42 Å². The molecule has 1 N–H and O–H groups in total. The van der Waals surface area contributed by atoms with Gasteiger partial charge in [0.1, 0.15) is 12.1 Å². The number of anilines is 1. The van der Waals surface area contributed by atoms with Gasteiger partial charge in [0.2, 0.25) is 5.88 Å². The molecule has 0 amide bonds. The summed E-state index contributed by atoms with van der Waals surface area (Å²) in [5.74, 6) is 1.40. The average Bonchev–Trinajstić information content (AvgIpc) is 2.40. The molecule has 1 aromatic heterocycles. The van der Waals surface area contributed by atoms with Crippen molar-refractivity contribution in [3.05, 3.63) is 47.8 Å². The molecule has 1 heterocycles. The lowest BCUT2D eigenvalue weighted by Crippen LogP contribution is -2.07. The second-order valence-corrected chi connectivity index (χ2v) is 4.34. The highest BCUT2D eigenvalue weighted by Gasteiger charge is 1.99. The molecular weight excluding hydrogens is 238 g/mol. The molecule has 0 bridgehead atoms. The number of benzene rings is 1. The first-order valence-electron chi connectivity index (χ1n) is 6.52. The maximum Gasteiger partial charge on any atom is 0.218 e. The monoisotopic (exact) mass is 257 g/mol. The van der Waals surface area contributed by atoms with Crippen LogP contribution in [0.1, 0.15) is 18.1 Å². The van der Waals surface area contributed by atoms with Gasteiger partial charge in [-0.3, -0.25) is 0 Å². The summed E-state index contributed by atoms with van der Waals surface area (Å²) in [6.45, 7) is 5.49. The van der Waals surface area contributed by atoms with E-state index in [-0.39, 0.29) is 0 Å². The first-order valence-corrected chi connectivity index (χ1v) is 6.52. The molecule has 4 nitrogen and oxygen atoms in total. The molecule has 0 saturated carbocycles. The SMILES string of the molecule is CCOc1cc(NCCc2cccc(C)c2)ncn1. The highest BCUT2D eigenvalue weighted by Crippen LogP contribution is 2.11. The summed E-state index contributed by atoms with van der Waals surface area (Å²) in [5, 5.41) is 3.28. The third kappa shape index (κ3) is 4.25. The molecule has 0 fully saturated rings. The van der Waals surface area contributed by atoms with E-state index in [1.165, 1.54) is 17.5 Å². The predicted octanol–water partition coefficient (Wildman–Crippen LogP) is 2.84. The molecule has 19 heavy (non-hydrogen) atoms. The van der Waals surface area contributed by atoms with E-state index in [0.29, 0.717) is 12.5 Å². The lowest BCUT2D eigenvalue weighted by atomic mass is 10.1. The summed E-state index contributed by atoms with van der Waals surface area (Å²) in [5.41, 5.74) is 2.62. The minimum absolute atomic E-state index is 0.607. The summed E-state index contributed by atoms with van der Waals surface area (Å²) < 4.78 is 5.34. The van der Waals surface area contributed by atoms with Crippen LogP contribution in [0, 0.1) is 6.92 Å². The largest absolute Gasteiger partial charge is 0.478 e. The van der Waals surface area contributed by atoms with Crippen molar-refractivity contribution >= 4 is 5.82 Å². The third-order valence-electron chi connectivity index (χ3n) is 2.74. The minimum Gasteiger partial charge on any atom is -0.478 e. The second kappa shape index (κ2) is 6.73. The number of rotatable bonds is 6. The van der Waals surface area contributed by atoms with Crippen LogP contribution >= 0.6 is 0 Å². The molecule has 0 spiro atoms. The number of aromatic nitrogens is 2. The Morgan fingerprint density at radius 3 is 2.89 bits per heavy atom. The van der Waals surface area contributed by atoms with Gasteiger partial charge in [-0.1, -0.05) is 29.8 Å². The second-order valence-electron chi connectivity index (χ2n) is 4.34. The fourth-order valence-electron chi connectivity index (χ4n) is 1.87. The molecule has 0 radical (unpaired) electrons. The normalized spacial score (nSPS) is 10.2. The van der Waals surface area contributed by atoms with Gasteiger partial charge in [0.25, 0.3) is 0 Å². The van der Waals surface area contributed by atoms with Gasteiger partial charge in [-0.25, -0.2) is 9.97 Å². The van der Waals surface area contributed by atoms with Gasteiger partial charge in [0.05, 0.1) is 6.61 Å². The zero-order chi connectivity index (χ0) is 13.5. The van der Waals surface area contributed by atoms with Crippen molar-refractivity contribution in [1.29, 1.82) is 0 Å². The van der Waals surface area contributed by atoms with Crippen molar-refractivity contribution in [2.45, 2.75) is 20.3 Å². The summed E-state index contributed by atoms with van der Waals surface area (Å²) >= 11 is 0. The van der Waals surface area contributed by atoms with Gasteiger partial charge in [-0.05, 0) is 25.8 Å². The van der Waals surface area contributed by atoms with Gasteiger partial charge >= 0.3 is 0 Å². The Balaban J connectivity index is 1.87. The Morgan fingerprint density at radius 1 is 1.21 bits per heavy atom. The molecule has 0 aliphatic carbocycles. The predicted molar refractivity (Wildman–Crippen MR) is 76.6 cm³/mol. The maximum atomic E-state index is 5.34. The Labute approximate surface area is 113 Å². The minimum atomic E-state index is 0.607. The maximum absolute atomic E-state index is 5.34. The van der Waals surface area contributed by atoms with Crippen LogP contribution in [0.15, 0.2) is 36.7 Å². The molecule has 100 valence electrons. The van der Waals surface area contributed by atoms with Crippen LogP contribution in [0.4, 0.5) is 5.82 Å². The zero-order valence-electron chi connectivity index (χ0n) is 11.4. The van der Waals surface area contributed by atoms with Gasteiger partial charge < -0.3 is 10.1 Å². The average molecular weight is 257 g/mol. The number of nitrogens with one attached hydrogen (secondary N) is 1. The summed E-state index contributed by atoms with van der Waals surface area (Å²) in [7, 11) is 0. The van der Waals surface area contributed by atoms with Crippen LogP contribution in [0.5, 0.6) is 5.88 Å². The van der Waals surface area contributed by atoms with Crippen molar-refractivity contribution in [2.24, 2.45) is 0 Å². The van der Waals surface area contributed by atoms with E-state index >= 15 is 0 Å². The molecule has 0 saturated heterocycles. The van der Waals surface area contributed by atoms with Crippen LogP contribution < -0.4 is 10.1 Å². The third-order valence-corrected chi connectivity index (χ3v) is 2.74. The van der Waals surface area contributed by atoms with Crippen molar-refractivity contribution in [2.75, 3.05) is 18.5 Å². The van der Waals surface area contributed by atoms with Crippen LogP contribution in [0.2, 0.25) is 0 Å². The summed E-state index contributed by atoms with van der Waals surface area (Å²) in [4.78, 5) is 8.20. The number of aryl methyl sites for hydroxylation is 1. The van der Waals surface area contributed by atoms with Crippen molar-refractivity contribution in [3.8, 4) is 5.88 Å². The van der Waals surface area contributed by atoms with Gasteiger partial charge in [-0.2, -0.15) is 0 Å². The highest BCUT2D eigenvalue weighted by molar-refractivity contribution is 5.37. The molecule has 0 aliphatic rings. The standard InChI is InChI=1S/C15H19N3O/c1-3-19-15-10-14(17-11-18-15)16-8-7-13-6-4-5-12(2)9-13/h4-6,9-11H,3,7-8H2,1-2H3,(H,16,17,18). The van der Waals surface area contributed by atoms with E-state index in [9.17, 15) is 0 Å². The lowest BCUT2D eigenvalue weighted by Gasteiger charge is -2.07. The van der Waals surface area contributed by atoms with E-state index in [2.05, 4.69) is 46.5 Å². The molecule has 0 atom stereocenters. The van der Waals surface area contributed by atoms with Gasteiger partial charge in [0, 0.05) is 12.6 Å². The Bertz CT molecular complexity index is 528. The quantitative estimate of drug-likeness (QED) is 0.864. The number of ether oxygens (including phenoxy) is 1. The first-order chi connectivity index (χ1) is 9.28. The molecule has 0 unspecified atom stereocenters. The van der Waals surface area contributed by atoms with Crippen LogP contribution in [-0.4, -0.2) is 23.1 Å². The van der Waals surface area contributed by atoms with Crippen molar-refractivity contribution < 1.29 is 4.74 Å². The topological polar surface area (TPSA) is 47.0 Å². The molecule has 0 aliphatic heterocycles. The van der Waals surface area contributed by atoms with Crippen molar-refractivity contribution in [1.82, 2.24) is 9.97 Å². The molecule has 4 heteroatoms. The Kier molecular flexibility index (Phi) is 4.72. The van der Waals surface area contributed by atoms with Gasteiger partial charge in [-0.15, -0.1) is 0 Å². The van der Waals surface area contributed by atoms with Crippen LogP contribution in [0.3, 0.4) is 0 Å².